The number of halogens is 1. The fraction of sp³-hybridized carbons (Fsp3) is 0.0667. The molecule has 1 aromatic heterocycles. The number of nitrogens with one attached hydrogen (secondary N) is 1. The van der Waals surface area contributed by atoms with Gasteiger partial charge in [-0.3, -0.25) is 9.36 Å². The highest BCUT2D eigenvalue weighted by Gasteiger charge is 2.09. The first-order chi connectivity index (χ1) is 10.1. The second-order valence-corrected chi connectivity index (χ2v) is 5.68. The lowest BCUT2D eigenvalue weighted by Gasteiger charge is -2.10. The van der Waals surface area contributed by atoms with E-state index in [1.165, 1.54) is 4.57 Å². The first kappa shape index (κ1) is 14.0. The van der Waals surface area contributed by atoms with E-state index in [0.717, 1.165) is 9.99 Å². The minimum absolute atomic E-state index is 0.154. The molecule has 0 spiro atoms. The van der Waals surface area contributed by atoms with E-state index in [1.807, 2.05) is 30.3 Å². The summed E-state index contributed by atoms with van der Waals surface area (Å²) in [5.74, 6) is 0.641. The van der Waals surface area contributed by atoms with Crippen LogP contribution in [0.4, 0.5) is 0 Å². The minimum Gasteiger partial charge on any atom is -0.495 e. The number of para-hydroxylation sites is 1. The van der Waals surface area contributed by atoms with Crippen molar-refractivity contribution in [1.29, 1.82) is 0 Å². The highest BCUT2D eigenvalue weighted by Crippen LogP contribution is 2.27. The number of ether oxygens (including phenoxy) is 1. The SMILES string of the molecule is COc1cc(-n2c(=S)[nH]c3ccccc3c2=O)ccc1Br. The van der Waals surface area contributed by atoms with Crippen LogP contribution in [0.15, 0.2) is 51.7 Å². The molecule has 0 aliphatic carbocycles. The Morgan fingerprint density at radius 1 is 1.24 bits per heavy atom. The normalized spacial score (nSPS) is 10.8. The van der Waals surface area contributed by atoms with Gasteiger partial charge in [0.15, 0.2) is 4.77 Å². The highest BCUT2D eigenvalue weighted by molar-refractivity contribution is 9.10. The van der Waals surface area contributed by atoms with Gasteiger partial charge in [-0.2, -0.15) is 0 Å². The van der Waals surface area contributed by atoms with E-state index in [1.54, 1.807) is 19.2 Å². The smallest absolute Gasteiger partial charge is 0.266 e. The quantitative estimate of drug-likeness (QED) is 0.705. The molecule has 0 atom stereocenters. The van der Waals surface area contributed by atoms with Crippen LogP contribution in [0.3, 0.4) is 0 Å². The first-order valence-electron chi connectivity index (χ1n) is 6.20. The van der Waals surface area contributed by atoms with E-state index in [4.69, 9.17) is 17.0 Å². The molecule has 0 aliphatic rings. The molecule has 21 heavy (non-hydrogen) atoms. The summed E-state index contributed by atoms with van der Waals surface area (Å²) in [7, 11) is 1.58. The van der Waals surface area contributed by atoms with E-state index in [0.29, 0.717) is 21.6 Å². The molecule has 3 aromatic rings. The Morgan fingerprint density at radius 2 is 2.00 bits per heavy atom. The van der Waals surface area contributed by atoms with Crippen LogP contribution < -0.4 is 10.3 Å². The summed E-state index contributed by atoms with van der Waals surface area (Å²) in [5, 5.41) is 0.591. The summed E-state index contributed by atoms with van der Waals surface area (Å²) in [6.45, 7) is 0. The number of rotatable bonds is 2. The molecular weight excluding hydrogens is 352 g/mol. The molecule has 0 fully saturated rings. The van der Waals surface area contributed by atoms with Crippen molar-refractivity contribution in [2.24, 2.45) is 0 Å². The Balaban J connectivity index is 2.35. The third kappa shape index (κ3) is 2.41. The van der Waals surface area contributed by atoms with Gasteiger partial charge < -0.3 is 9.72 Å². The molecule has 1 heterocycles. The summed E-state index contributed by atoms with van der Waals surface area (Å²) in [4.78, 5) is 15.7. The summed E-state index contributed by atoms with van der Waals surface area (Å²) in [5.41, 5.74) is 1.23. The van der Waals surface area contributed by atoms with E-state index >= 15 is 0 Å². The Hall–Kier alpha value is -1.92. The molecule has 0 saturated carbocycles. The number of benzene rings is 2. The van der Waals surface area contributed by atoms with Gasteiger partial charge in [-0.15, -0.1) is 0 Å². The van der Waals surface area contributed by atoms with Crippen molar-refractivity contribution in [2.45, 2.75) is 0 Å². The molecule has 0 unspecified atom stereocenters. The number of methoxy groups -OCH3 is 1. The third-order valence-electron chi connectivity index (χ3n) is 3.20. The monoisotopic (exact) mass is 362 g/mol. The van der Waals surface area contributed by atoms with Crippen LogP contribution in [-0.4, -0.2) is 16.7 Å². The van der Waals surface area contributed by atoms with Crippen LogP contribution in [-0.2, 0) is 0 Å². The summed E-state index contributed by atoms with van der Waals surface area (Å²) in [6, 6.07) is 12.7. The van der Waals surface area contributed by atoms with E-state index < -0.39 is 0 Å². The maximum absolute atomic E-state index is 12.7. The molecule has 4 nitrogen and oxygen atoms in total. The molecule has 2 aromatic carbocycles. The first-order valence-corrected chi connectivity index (χ1v) is 7.40. The van der Waals surface area contributed by atoms with Crippen LogP contribution >= 0.6 is 28.1 Å². The van der Waals surface area contributed by atoms with Gasteiger partial charge in [-0.25, -0.2) is 0 Å². The zero-order chi connectivity index (χ0) is 15.0. The molecular formula is C15H11BrN2O2S. The van der Waals surface area contributed by atoms with Crippen molar-refractivity contribution < 1.29 is 4.74 Å². The zero-order valence-corrected chi connectivity index (χ0v) is 13.5. The van der Waals surface area contributed by atoms with Gasteiger partial charge in [-0.05, 0) is 52.4 Å². The maximum Gasteiger partial charge on any atom is 0.266 e. The van der Waals surface area contributed by atoms with Crippen molar-refractivity contribution in [2.75, 3.05) is 7.11 Å². The van der Waals surface area contributed by atoms with E-state index in [2.05, 4.69) is 20.9 Å². The molecule has 3 rings (SSSR count). The second kappa shape index (κ2) is 5.46. The fourth-order valence-electron chi connectivity index (χ4n) is 2.18. The third-order valence-corrected chi connectivity index (χ3v) is 4.14. The maximum atomic E-state index is 12.7. The average Bonchev–Trinajstić information content (AvgIpc) is 2.49. The summed E-state index contributed by atoms with van der Waals surface area (Å²) < 4.78 is 7.90. The lowest BCUT2D eigenvalue weighted by atomic mass is 10.2. The van der Waals surface area contributed by atoms with Gasteiger partial charge in [0.25, 0.3) is 5.56 Å². The number of H-pyrrole nitrogens is 1. The standard InChI is InChI=1S/C15H11BrN2O2S/c1-20-13-8-9(6-7-11(13)16)18-14(19)10-4-2-3-5-12(10)17-15(18)21/h2-8H,1H3,(H,17,21). The second-order valence-electron chi connectivity index (χ2n) is 4.44. The van der Waals surface area contributed by atoms with Crippen molar-refractivity contribution >= 4 is 39.1 Å². The van der Waals surface area contributed by atoms with Gasteiger partial charge >= 0.3 is 0 Å². The summed E-state index contributed by atoms with van der Waals surface area (Å²) >= 11 is 8.71. The van der Waals surface area contributed by atoms with E-state index in [-0.39, 0.29) is 5.56 Å². The highest BCUT2D eigenvalue weighted by atomic mass is 79.9. The molecule has 106 valence electrons. The molecule has 6 heteroatoms. The number of aromatic amines is 1. The van der Waals surface area contributed by atoms with Crippen LogP contribution in [0.5, 0.6) is 5.75 Å². The molecule has 1 N–H and O–H groups in total. The Bertz CT molecular complexity index is 946. The summed E-state index contributed by atoms with van der Waals surface area (Å²) in [6.07, 6.45) is 0. The van der Waals surface area contributed by atoms with Crippen LogP contribution in [0.1, 0.15) is 0 Å². The van der Waals surface area contributed by atoms with Crippen molar-refractivity contribution in [3.63, 3.8) is 0 Å². The number of aromatic nitrogens is 2. The molecule has 0 radical (unpaired) electrons. The van der Waals surface area contributed by atoms with Crippen molar-refractivity contribution in [3.05, 3.63) is 62.1 Å². The zero-order valence-electron chi connectivity index (χ0n) is 11.1. The predicted octanol–water partition coefficient (Wildman–Crippen LogP) is 3.82. The molecule has 0 aliphatic heterocycles. The van der Waals surface area contributed by atoms with Gasteiger partial charge in [0.05, 0.1) is 28.2 Å². The van der Waals surface area contributed by atoms with Crippen LogP contribution in [0.2, 0.25) is 0 Å². The molecule has 0 bridgehead atoms. The molecule has 0 saturated heterocycles. The molecule has 0 amide bonds. The minimum atomic E-state index is -0.154. The van der Waals surface area contributed by atoms with E-state index in [9.17, 15) is 4.79 Å². The number of hydrogen-bond donors (Lipinski definition) is 1. The number of hydrogen-bond acceptors (Lipinski definition) is 3. The van der Waals surface area contributed by atoms with Gasteiger partial charge in [0.1, 0.15) is 5.75 Å². The van der Waals surface area contributed by atoms with Crippen molar-refractivity contribution in [1.82, 2.24) is 9.55 Å². The van der Waals surface area contributed by atoms with Crippen molar-refractivity contribution in [3.8, 4) is 11.4 Å². The topological polar surface area (TPSA) is 47.0 Å². The largest absolute Gasteiger partial charge is 0.495 e. The van der Waals surface area contributed by atoms with Crippen LogP contribution in [0, 0.1) is 4.77 Å². The van der Waals surface area contributed by atoms with Crippen LogP contribution in [0.25, 0.3) is 16.6 Å². The number of nitrogens with zero attached hydrogens (tertiary/aromatic N) is 1. The Kier molecular flexibility index (Phi) is 3.65. The lowest BCUT2D eigenvalue weighted by Crippen LogP contribution is -2.20. The predicted molar refractivity (Wildman–Crippen MR) is 89.0 cm³/mol. The average molecular weight is 363 g/mol. The fourth-order valence-corrected chi connectivity index (χ4v) is 2.89. The van der Waals surface area contributed by atoms with Gasteiger partial charge in [0, 0.05) is 6.07 Å². The number of fused-ring (bicyclic) bond motifs is 1. The Morgan fingerprint density at radius 3 is 2.76 bits per heavy atom. The van der Waals surface area contributed by atoms with Gasteiger partial charge in [0.2, 0.25) is 0 Å². The van der Waals surface area contributed by atoms with Gasteiger partial charge in [-0.1, -0.05) is 12.1 Å². The Labute approximate surface area is 134 Å². The lowest BCUT2D eigenvalue weighted by molar-refractivity contribution is 0.412.